The van der Waals surface area contributed by atoms with Gasteiger partial charge in [-0.25, -0.2) is 0 Å². The molecule has 1 aliphatic rings. The lowest BCUT2D eigenvalue weighted by molar-refractivity contribution is -0.140. The van der Waals surface area contributed by atoms with Crippen LogP contribution in [-0.4, -0.2) is 38.2 Å². The van der Waals surface area contributed by atoms with Crippen LogP contribution >= 0.6 is 24.0 Å². The number of carbonyl (C=O) groups excluding carboxylic acids is 1. The summed E-state index contributed by atoms with van der Waals surface area (Å²) in [7, 11) is 1.44. The summed E-state index contributed by atoms with van der Waals surface area (Å²) in [5.41, 5.74) is 0. The molecule has 0 unspecified atom stereocenters. The molecule has 0 saturated heterocycles. The van der Waals surface area contributed by atoms with Crippen LogP contribution in [0.3, 0.4) is 0 Å². The number of carbonyl (C=O) groups is 1. The topological polar surface area (TPSA) is 62.7 Å². The average molecular weight is 423 g/mol. The first kappa shape index (κ1) is 21.2. The second-order valence-corrected chi connectivity index (χ2v) is 5.29. The lowest BCUT2D eigenvalue weighted by atomic mass is 10.1. The van der Waals surface area contributed by atoms with Crippen LogP contribution in [0.2, 0.25) is 0 Å². The third-order valence-electron chi connectivity index (χ3n) is 3.48. The van der Waals surface area contributed by atoms with Crippen molar-refractivity contribution < 1.29 is 9.53 Å². The number of unbranched alkanes of at least 4 members (excludes halogenated alkanes) is 3. The van der Waals surface area contributed by atoms with Crippen molar-refractivity contribution in [3.63, 3.8) is 0 Å². The third kappa shape index (κ3) is 10.0. The maximum Gasteiger partial charge on any atom is 0.305 e. The van der Waals surface area contributed by atoms with Gasteiger partial charge in [0, 0.05) is 25.6 Å². The van der Waals surface area contributed by atoms with Gasteiger partial charge in [0.1, 0.15) is 0 Å². The minimum Gasteiger partial charge on any atom is -0.469 e. The van der Waals surface area contributed by atoms with Gasteiger partial charge < -0.3 is 15.4 Å². The first-order chi connectivity index (χ1) is 10.3. The fraction of sp³-hybridized carbons (Fsp3) is 0.750. The van der Waals surface area contributed by atoms with E-state index in [1.165, 1.54) is 7.11 Å². The zero-order valence-corrected chi connectivity index (χ0v) is 16.1. The minimum absolute atomic E-state index is 0. The molecule has 128 valence electrons. The Morgan fingerprint density at radius 2 is 1.91 bits per heavy atom. The number of hydrogen-bond donors (Lipinski definition) is 2. The van der Waals surface area contributed by atoms with Gasteiger partial charge in [-0.1, -0.05) is 25.0 Å². The molecular weight excluding hydrogens is 393 g/mol. The van der Waals surface area contributed by atoms with E-state index in [4.69, 9.17) is 0 Å². The molecule has 6 heteroatoms. The van der Waals surface area contributed by atoms with Crippen LogP contribution in [0.5, 0.6) is 0 Å². The number of guanidine groups is 1. The summed E-state index contributed by atoms with van der Waals surface area (Å²) in [4.78, 5) is 15.6. The number of esters is 1. The molecule has 0 aromatic heterocycles. The Hall–Kier alpha value is -0.790. The highest BCUT2D eigenvalue weighted by Crippen LogP contribution is 2.09. The number of ether oxygens (including phenoxy) is 1. The molecule has 1 rings (SSSR count). The monoisotopic (exact) mass is 423 g/mol. The molecule has 0 spiro atoms. The molecule has 0 aromatic carbocycles. The predicted molar refractivity (Wildman–Crippen MR) is 102 cm³/mol. The van der Waals surface area contributed by atoms with E-state index in [0.717, 1.165) is 57.6 Å². The summed E-state index contributed by atoms with van der Waals surface area (Å²) >= 11 is 0. The Bertz CT molecular complexity index is 351. The van der Waals surface area contributed by atoms with Crippen LogP contribution in [-0.2, 0) is 9.53 Å². The SMILES string of the molecule is CCNC(=NCCCCCCC(=O)OC)NC1CC=CC1.I. The molecule has 0 bridgehead atoms. The molecule has 0 radical (unpaired) electrons. The highest BCUT2D eigenvalue weighted by molar-refractivity contribution is 14.0. The predicted octanol–water partition coefficient (Wildman–Crippen LogP) is 3.00. The number of methoxy groups -OCH3 is 1. The van der Waals surface area contributed by atoms with Gasteiger partial charge in [0.25, 0.3) is 0 Å². The molecule has 0 amide bonds. The van der Waals surface area contributed by atoms with Crippen LogP contribution in [0.1, 0.15) is 51.9 Å². The van der Waals surface area contributed by atoms with Crippen LogP contribution in [0, 0.1) is 0 Å². The second kappa shape index (κ2) is 13.8. The van der Waals surface area contributed by atoms with Gasteiger partial charge in [-0.15, -0.1) is 24.0 Å². The molecule has 0 fully saturated rings. The summed E-state index contributed by atoms with van der Waals surface area (Å²) in [6, 6.07) is 0.489. The molecular formula is C16H30IN3O2. The van der Waals surface area contributed by atoms with Crippen molar-refractivity contribution in [2.75, 3.05) is 20.2 Å². The molecule has 22 heavy (non-hydrogen) atoms. The lowest BCUT2D eigenvalue weighted by Crippen LogP contribution is -2.42. The summed E-state index contributed by atoms with van der Waals surface area (Å²) in [6.07, 6.45) is 11.2. The van der Waals surface area contributed by atoms with Crippen LogP contribution < -0.4 is 10.6 Å². The summed E-state index contributed by atoms with van der Waals surface area (Å²) < 4.78 is 4.62. The van der Waals surface area contributed by atoms with Crippen molar-refractivity contribution in [3.05, 3.63) is 12.2 Å². The van der Waals surface area contributed by atoms with Crippen molar-refractivity contribution in [3.8, 4) is 0 Å². The smallest absolute Gasteiger partial charge is 0.305 e. The third-order valence-corrected chi connectivity index (χ3v) is 3.48. The molecule has 5 nitrogen and oxygen atoms in total. The minimum atomic E-state index is -0.114. The lowest BCUT2D eigenvalue weighted by Gasteiger charge is -2.16. The highest BCUT2D eigenvalue weighted by atomic mass is 127. The van der Waals surface area contributed by atoms with E-state index in [1.807, 2.05) is 0 Å². The largest absolute Gasteiger partial charge is 0.469 e. The number of rotatable bonds is 9. The summed E-state index contributed by atoms with van der Waals surface area (Å²) in [5, 5.41) is 6.74. The maximum atomic E-state index is 11.0. The van der Waals surface area contributed by atoms with Gasteiger partial charge in [-0.05, 0) is 32.6 Å². The molecule has 0 saturated carbocycles. The fourth-order valence-corrected chi connectivity index (χ4v) is 2.28. The normalized spacial score (nSPS) is 14.5. The Labute approximate surface area is 151 Å². The van der Waals surface area contributed by atoms with E-state index in [1.54, 1.807) is 0 Å². The van der Waals surface area contributed by atoms with E-state index in [0.29, 0.717) is 12.5 Å². The number of nitrogens with zero attached hydrogens (tertiary/aromatic N) is 1. The number of nitrogens with one attached hydrogen (secondary N) is 2. The maximum absolute atomic E-state index is 11.0. The number of aliphatic imine (C=N–C) groups is 1. The van der Waals surface area contributed by atoms with Gasteiger partial charge in [0.05, 0.1) is 7.11 Å². The van der Waals surface area contributed by atoms with Crippen molar-refractivity contribution >= 4 is 35.9 Å². The van der Waals surface area contributed by atoms with E-state index in [2.05, 4.69) is 39.4 Å². The molecule has 0 heterocycles. The number of halogens is 1. The first-order valence-corrected chi connectivity index (χ1v) is 8.03. The summed E-state index contributed by atoms with van der Waals surface area (Å²) in [6.45, 7) is 3.79. The standard InChI is InChI=1S/C16H29N3O2.HI/c1-3-17-16(19-14-10-7-8-11-14)18-13-9-5-4-6-12-15(20)21-2;/h7-8,14H,3-6,9-13H2,1-2H3,(H2,17,18,19);1H. The van der Waals surface area contributed by atoms with Crippen molar-refractivity contribution in [2.45, 2.75) is 57.9 Å². The van der Waals surface area contributed by atoms with E-state index < -0.39 is 0 Å². The Morgan fingerprint density at radius 3 is 2.55 bits per heavy atom. The van der Waals surface area contributed by atoms with Crippen LogP contribution in [0.4, 0.5) is 0 Å². The molecule has 1 aliphatic carbocycles. The first-order valence-electron chi connectivity index (χ1n) is 8.03. The zero-order valence-electron chi connectivity index (χ0n) is 13.8. The van der Waals surface area contributed by atoms with E-state index in [-0.39, 0.29) is 29.9 Å². The van der Waals surface area contributed by atoms with Crippen LogP contribution in [0.15, 0.2) is 17.1 Å². The quantitative estimate of drug-likeness (QED) is 0.150. The van der Waals surface area contributed by atoms with Gasteiger partial charge in [-0.3, -0.25) is 9.79 Å². The molecule has 2 N–H and O–H groups in total. The highest BCUT2D eigenvalue weighted by Gasteiger charge is 2.11. The zero-order chi connectivity index (χ0) is 15.3. The average Bonchev–Trinajstić information content (AvgIpc) is 2.99. The van der Waals surface area contributed by atoms with Gasteiger partial charge in [0.15, 0.2) is 5.96 Å². The Kier molecular flexibility index (Phi) is 13.3. The molecule has 0 atom stereocenters. The van der Waals surface area contributed by atoms with Gasteiger partial charge in [0.2, 0.25) is 0 Å². The molecule has 0 aliphatic heterocycles. The van der Waals surface area contributed by atoms with Crippen LogP contribution in [0.25, 0.3) is 0 Å². The number of hydrogen-bond acceptors (Lipinski definition) is 3. The Balaban J connectivity index is 0.00000441. The Morgan fingerprint density at radius 1 is 1.23 bits per heavy atom. The van der Waals surface area contributed by atoms with Gasteiger partial charge >= 0.3 is 5.97 Å². The fourth-order valence-electron chi connectivity index (χ4n) is 2.28. The van der Waals surface area contributed by atoms with E-state index >= 15 is 0 Å². The van der Waals surface area contributed by atoms with Crippen molar-refractivity contribution in [1.29, 1.82) is 0 Å². The summed E-state index contributed by atoms with van der Waals surface area (Å²) in [5.74, 6) is 0.803. The van der Waals surface area contributed by atoms with Crippen molar-refractivity contribution in [2.24, 2.45) is 4.99 Å². The van der Waals surface area contributed by atoms with Gasteiger partial charge in [-0.2, -0.15) is 0 Å². The van der Waals surface area contributed by atoms with E-state index in [9.17, 15) is 4.79 Å². The second-order valence-electron chi connectivity index (χ2n) is 5.29. The van der Waals surface area contributed by atoms with Crippen molar-refractivity contribution in [1.82, 2.24) is 10.6 Å². The molecule has 0 aromatic rings.